The van der Waals surface area contributed by atoms with Gasteiger partial charge in [0.1, 0.15) is 5.82 Å². The summed E-state index contributed by atoms with van der Waals surface area (Å²) >= 11 is 4.30. The summed E-state index contributed by atoms with van der Waals surface area (Å²) in [6.45, 7) is 0. The molecule has 4 rings (SSSR count). The van der Waals surface area contributed by atoms with Crippen molar-refractivity contribution in [2.24, 2.45) is 17.8 Å². The van der Waals surface area contributed by atoms with Gasteiger partial charge in [-0.2, -0.15) is 0 Å². The number of carbonyl (C=O) groups excluding carboxylic acids is 1. The molecule has 1 aliphatic heterocycles. The van der Waals surface area contributed by atoms with E-state index in [2.05, 4.69) is 28.8 Å². The summed E-state index contributed by atoms with van der Waals surface area (Å²) in [5.41, 5.74) is 0.313. The van der Waals surface area contributed by atoms with Crippen molar-refractivity contribution in [3.8, 4) is 0 Å². The van der Waals surface area contributed by atoms with Crippen LogP contribution in [0.4, 0.5) is 10.1 Å². The summed E-state index contributed by atoms with van der Waals surface area (Å²) in [5, 5.41) is 2.82. The first-order valence-electron chi connectivity index (χ1n) is 8.52. The molecule has 1 N–H and O–H groups in total. The Labute approximate surface area is 145 Å². The maximum atomic E-state index is 13.8. The molecule has 1 unspecified atom stereocenters. The molecule has 2 aliphatic carbocycles. The number of hydrogen-bond acceptors (Lipinski definition) is 3. The predicted molar refractivity (Wildman–Crippen MR) is 96.2 cm³/mol. The lowest BCUT2D eigenvalue weighted by molar-refractivity contribution is -0.122. The summed E-state index contributed by atoms with van der Waals surface area (Å²) in [5.74, 6) is 3.49. The van der Waals surface area contributed by atoms with Crippen LogP contribution in [-0.2, 0) is 4.79 Å². The SMILES string of the molecule is O=C(Nc1ccccc1F)C1C[C@H]2CCC[C@@H](C1)C21SCCS1. The molecule has 1 aromatic rings. The van der Waals surface area contributed by atoms with Crippen molar-refractivity contribution in [3.05, 3.63) is 30.1 Å². The van der Waals surface area contributed by atoms with Crippen molar-refractivity contribution >= 4 is 35.1 Å². The first-order valence-corrected chi connectivity index (χ1v) is 10.5. The van der Waals surface area contributed by atoms with Gasteiger partial charge >= 0.3 is 0 Å². The Morgan fingerprint density at radius 2 is 1.78 bits per heavy atom. The van der Waals surface area contributed by atoms with Crippen molar-refractivity contribution in [2.75, 3.05) is 16.8 Å². The summed E-state index contributed by atoms with van der Waals surface area (Å²) < 4.78 is 14.1. The van der Waals surface area contributed by atoms with E-state index in [1.165, 1.54) is 36.8 Å². The maximum absolute atomic E-state index is 13.8. The smallest absolute Gasteiger partial charge is 0.227 e. The molecule has 23 heavy (non-hydrogen) atoms. The van der Waals surface area contributed by atoms with Crippen LogP contribution < -0.4 is 5.32 Å². The Morgan fingerprint density at radius 1 is 1.13 bits per heavy atom. The molecule has 1 aromatic carbocycles. The fraction of sp³-hybridized carbons (Fsp3) is 0.611. The van der Waals surface area contributed by atoms with Crippen LogP contribution in [0.15, 0.2) is 24.3 Å². The van der Waals surface area contributed by atoms with Crippen molar-refractivity contribution in [3.63, 3.8) is 0 Å². The van der Waals surface area contributed by atoms with E-state index in [4.69, 9.17) is 0 Å². The van der Waals surface area contributed by atoms with E-state index in [9.17, 15) is 9.18 Å². The van der Waals surface area contributed by atoms with Gasteiger partial charge in [0.15, 0.2) is 0 Å². The van der Waals surface area contributed by atoms with Crippen molar-refractivity contribution in [2.45, 2.75) is 36.2 Å². The number of nitrogens with one attached hydrogen (secondary N) is 1. The van der Waals surface area contributed by atoms with E-state index >= 15 is 0 Å². The van der Waals surface area contributed by atoms with Gasteiger partial charge in [0.25, 0.3) is 0 Å². The number of anilines is 1. The summed E-state index contributed by atoms with van der Waals surface area (Å²) in [4.78, 5) is 12.7. The topological polar surface area (TPSA) is 29.1 Å². The molecule has 2 nitrogen and oxygen atoms in total. The first-order chi connectivity index (χ1) is 11.2. The zero-order valence-electron chi connectivity index (χ0n) is 13.1. The molecule has 1 amide bonds. The highest BCUT2D eigenvalue weighted by Gasteiger charge is 2.55. The van der Waals surface area contributed by atoms with Crippen LogP contribution in [0.3, 0.4) is 0 Å². The lowest BCUT2D eigenvalue weighted by Gasteiger charge is -2.52. The zero-order chi connectivity index (χ0) is 15.9. The first kappa shape index (κ1) is 15.8. The van der Waals surface area contributed by atoms with Gasteiger partial charge in [0.2, 0.25) is 5.91 Å². The third-order valence-corrected chi connectivity index (χ3v) is 9.64. The zero-order valence-corrected chi connectivity index (χ0v) is 14.7. The van der Waals surface area contributed by atoms with Crippen LogP contribution in [0.2, 0.25) is 0 Å². The number of thioether (sulfide) groups is 2. The Balaban J connectivity index is 1.49. The highest BCUT2D eigenvalue weighted by atomic mass is 32.2. The number of amides is 1. The molecular formula is C18H22FNOS2. The number of halogens is 1. The molecule has 1 heterocycles. The number of rotatable bonds is 2. The average molecular weight is 352 g/mol. The van der Waals surface area contributed by atoms with Crippen LogP contribution in [0, 0.1) is 23.6 Å². The van der Waals surface area contributed by atoms with Gasteiger partial charge in [-0.3, -0.25) is 4.79 Å². The van der Waals surface area contributed by atoms with Gasteiger partial charge in [0, 0.05) is 17.4 Å². The summed E-state index contributed by atoms with van der Waals surface area (Å²) in [6, 6.07) is 6.44. The van der Waals surface area contributed by atoms with Crippen LogP contribution in [0.5, 0.6) is 0 Å². The molecule has 2 saturated carbocycles. The van der Waals surface area contributed by atoms with E-state index in [1.807, 2.05) is 0 Å². The molecule has 1 saturated heterocycles. The third-order valence-electron chi connectivity index (χ3n) is 5.62. The van der Waals surface area contributed by atoms with Crippen molar-refractivity contribution < 1.29 is 9.18 Å². The molecule has 5 heteroatoms. The molecule has 3 fully saturated rings. The molecule has 3 aliphatic rings. The van der Waals surface area contributed by atoms with Gasteiger partial charge in [-0.05, 0) is 49.7 Å². The molecular weight excluding hydrogens is 329 g/mol. The molecule has 124 valence electrons. The van der Waals surface area contributed by atoms with Gasteiger partial charge in [-0.1, -0.05) is 18.6 Å². The number of benzene rings is 1. The average Bonchev–Trinajstić information content (AvgIpc) is 2.99. The normalized spacial score (nSPS) is 32.0. The van der Waals surface area contributed by atoms with Gasteiger partial charge in [-0.15, -0.1) is 23.5 Å². The second-order valence-electron chi connectivity index (χ2n) is 6.88. The summed E-state index contributed by atoms with van der Waals surface area (Å²) in [6.07, 6.45) is 5.74. The van der Waals surface area contributed by atoms with Crippen molar-refractivity contribution in [1.82, 2.24) is 0 Å². The highest BCUT2D eigenvalue weighted by Crippen LogP contribution is 2.64. The van der Waals surface area contributed by atoms with Crippen molar-refractivity contribution in [1.29, 1.82) is 0 Å². The van der Waals surface area contributed by atoms with E-state index < -0.39 is 0 Å². The minimum atomic E-state index is -0.352. The molecule has 2 bridgehead atoms. The monoisotopic (exact) mass is 351 g/mol. The molecule has 0 radical (unpaired) electrons. The number of hydrogen-bond donors (Lipinski definition) is 1. The molecule has 1 spiro atoms. The minimum Gasteiger partial charge on any atom is -0.323 e. The lowest BCUT2D eigenvalue weighted by atomic mass is 9.67. The quantitative estimate of drug-likeness (QED) is 0.832. The Morgan fingerprint density at radius 3 is 2.43 bits per heavy atom. The lowest BCUT2D eigenvalue weighted by Crippen LogP contribution is -2.48. The Bertz CT molecular complexity index is 586. The maximum Gasteiger partial charge on any atom is 0.227 e. The number of carbonyl (C=O) groups is 1. The standard InChI is InChI=1S/C18H22FNOS2/c19-15-6-1-2-7-16(15)20-17(21)12-10-13-4-3-5-14(11-12)18(13)22-8-9-23-18/h1-2,6-7,12-14H,3-5,8-11H2,(H,20,21)/t12?,13-,14+. The fourth-order valence-electron chi connectivity index (χ4n) is 4.62. The van der Waals surface area contributed by atoms with Gasteiger partial charge < -0.3 is 5.32 Å². The van der Waals surface area contributed by atoms with Crippen LogP contribution in [-0.4, -0.2) is 21.5 Å². The van der Waals surface area contributed by atoms with Crippen LogP contribution in [0.1, 0.15) is 32.1 Å². The van der Waals surface area contributed by atoms with Crippen LogP contribution >= 0.6 is 23.5 Å². The Kier molecular flexibility index (Phi) is 4.35. The van der Waals surface area contributed by atoms with Gasteiger partial charge in [0.05, 0.1) is 9.77 Å². The molecule has 3 atom stereocenters. The van der Waals surface area contributed by atoms with E-state index in [0.717, 1.165) is 12.8 Å². The molecule has 0 aromatic heterocycles. The third kappa shape index (κ3) is 2.80. The largest absolute Gasteiger partial charge is 0.323 e. The second kappa shape index (κ2) is 6.32. The number of para-hydroxylation sites is 1. The second-order valence-corrected chi connectivity index (χ2v) is 9.88. The predicted octanol–water partition coefficient (Wildman–Crippen LogP) is 4.77. The Hall–Kier alpha value is -0.680. The van der Waals surface area contributed by atoms with Gasteiger partial charge in [-0.25, -0.2) is 4.39 Å². The van der Waals surface area contributed by atoms with E-state index in [-0.39, 0.29) is 17.6 Å². The van der Waals surface area contributed by atoms with E-state index in [0.29, 0.717) is 21.6 Å². The minimum absolute atomic E-state index is 0.00912. The highest BCUT2D eigenvalue weighted by molar-refractivity contribution is 8.21. The summed E-state index contributed by atoms with van der Waals surface area (Å²) in [7, 11) is 0. The fourth-order valence-corrected chi connectivity index (χ4v) is 8.56. The van der Waals surface area contributed by atoms with E-state index in [1.54, 1.807) is 18.2 Å². The van der Waals surface area contributed by atoms with Crippen LogP contribution in [0.25, 0.3) is 0 Å².